The van der Waals surface area contributed by atoms with Crippen molar-refractivity contribution in [2.24, 2.45) is 0 Å². The Morgan fingerprint density at radius 3 is 2.54 bits per heavy atom. The lowest BCUT2D eigenvalue weighted by molar-refractivity contribution is 0.415. The highest BCUT2D eigenvalue weighted by molar-refractivity contribution is 9.10. The van der Waals surface area contributed by atoms with E-state index in [1.807, 2.05) is 49.4 Å². The molecule has 0 aliphatic carbocycles. The molecule has 0 radical (unpaired) electrons. The number of hydrogen-bond acceptors (Lipinski definition) is 6. The van der Waals surface area contributed by atoms with Crippen molar-refractivity contribution >= 4 is 39.1 Å². The predicted octanol–water partition coefficient (Wildman–Crippen LogP) is 4.44. The molecule has 0 amide bonds. The first-order valence-electron chi connectivity index (χ1n) is 7.28. The fraction of sp³-hybridized carbons (Fsp3) is 0.118. The summed E-state index contributed by atoms with van der Waals surface area (Å²) < 4.78 is 6.18. The van der Waals surface area contributed by atoms with Crippen LogP contribution >= 0.6 is 15.9 Å². The molecular weight excluding hydrogens is 370 g/mol. The number of halogens is 1. The summed E-state index contributed by atoms with van der Waals surface area (Å²) in [6.07, 6.45) is 1.58. The molecule has 122 valence electrons. The normalized spacial score (nSPS) is 10.3. The quantitative estimate of drug-likeness (QED) is 0.676. The summed E-state index contributed by atoms with van der Waals surface area (Å²) >= 11 is 3.46. The van der Waals surface area contributed by atoms with Gasteiger partial charge in [-0.15, -0.1) is 5.10 Å². The largest absolute Gasteiger partial charge is 0.497 e. The minimum atomic E-state index is 0.417. The van der Waals surface area contributed by atoms with Crippen molar-refractivity contribution in [3.8, 4) is 5.75 Å². The van der Waals surface area contributed by atoms with Crippen molar-refractivity contribution in [1.29, 1.82) is 0 Å². The van der Waals surface area contributed by atoms with Gasteiger partial charge in [0, 0.05) is 15.8 Å². The molecule has 0 atom stereocenters. The van der Waals surface area contributed by atoms with Gasteiger partial charge in [-0.3, -0.25) is 0 Å². The third-order valence-corrected chi connectivity index (χ3v) is 3.85. The van der Waals surface area contributed by atoms with Crippen LogP contribution in [0.3, 0.4) is 0 Å². The summed E-state index contributed by atoms with van der Waals surface area (Å²) in [7, 11) is 1.63. The number of anilines is 4. The Morgan fingerprint density at radius 2 is 1.83 bits per heavy atom. The zero-order chi connectivity index (χ0) is 16.9. The van der Waals surface area contributed by atoms with Crippen LogP contribution in [0.25, 0.3) is 0 Å². The second-order valence-electron chi connectivity index (χ2n) is 5.10. The van der Waals surface area contributed by atoms with E-state index >= 15 is 0 Å². The maximum Gasteiger partial charge on any atom is 0.249 e. The average molecular weight is 386 g/mol. The Hall–Kier alpha value is -2.67. The lowest BCUT2D eigenvalue weighted by Crippen LogP contribution is -2.03. The Kier molecular flexibility index (Phi) is 4.90. The van der Waals surface area contributed by atoms with Gasteiger partial charge in [-0.1, -0.05) is 15.9 Å². The van der Waals surface area contributed by atoms with Gasteiger partial charge in [0.1, 0.15) is 5.75 Å². The standard InChI is InChI=1S/C17H16BrN5O/c1-11-9-12(18)3-8-15(11)21-16-10-19-23-17(22-16)20-13-4-6-14(24-2)7-5-13/h3-10H,1-2H3,(H2,20,21,22,23). The molecule has 0 bridgehead atoms. The van der Waals surface area contributed by atoms with E-state index in [-0.39, 0.29) is 0 Å². The monoisotopic (exact) mass is 385 g/mol. The minimum Gasteiger partial charge on any atom is -0.497 e. The van der Waals surface area contributed by atoms with Crippen LogP contribution in [0.15, 0.2) is 53.1 Å². The first kappa shape index (κ1) is 16.2. The molecule has 2 aromatic carbocycles. The van der Waals surface area contributed by atoms with Crippen molar-refractivity contribution in [3.05, 3.63) is 58.7 Å². The van der Waals surface area contributed by atoms with Crippen LogP contribution in [0.1, 0.15) is 5.56 Å². The molecule has 1 heterocycles. The predicted molar refractivity (Wildman–Crippen MR) is 98.3 cm³/mol. The smallest absolute Gasteiger partial charge is 0.249 e. The fourth-order valence-corrected chi connectivity index (χ4v) is 2.60. The number of benzene rings is 2. The van der Waals surface area contributed by atoms with E-state index < -0.39 is 0 Å². The Balaban J connectivity index is 1.75. The topological polar surface area (TPSA) is 72.0 Å². The average Bonchev–Trinajstić information content (AvgIpc) is 2.58. The Bertz CT molecular complexity index is 839. The summed E-state index contributed by atoms with van der Waals surface area (Å²) in [6.45, 7) is 2.03. The molecule has 0 aliphatic rings. The van der Waals surface area contributed by atoms with E-state index in [2.05, 4.69) is 41.7 Å². The van der Waals surface area contributed by atoms with E-state index in [1.165, 1.54) is 0 Å². The van der Waals surface area contributed by atoms with Gasteiger partial charge < -0.3 is 15.4 Å². The molecule has 24 heavy (non-hydrogen) atoms. The highest BCUT2D eigenvalue weighted by Gasteiger charge is 2.04. The van der Waals surface area contributed by atoms with Crippen LogP contribution in [0.4, 0.5) is 23.1 Å². The van der Waals surface area contributed by atoms with E-state index in [0.29, 0.717) is 11.8 Å². The lowest BCUT2D eigenvalue weighted by atomic mass is 10.2. The van der Waals surface area contributed by atoms with Crippen molar-refractivity contribution in [3.63, 3.8) is 0 Å². The molecule has 3 rings (SSSR count). The number of rotatable bonds is 5. The number of methoxy groups -OCH3 is 1. The SMILES string of the molecule is COc1ccc(Nc2nncc(Nc3ccc(Br)cc3C)n2)cc1. The first-order chi connectivity index (χ1) is 11.6. The van der Waals surface area contributed by atoms with Crippen LogP contribution in [-0.4, -0.2) is 22.3 Å². The highest BCUT2D eigenvalue weighted by atomic mass is 79.9. The van der Waals surface area contributed by atoms with Gasteiger partial charge in [0.2, 0.25) is 5.95 Å². The van der Waals surface area contributed by atoms with Crippen molar-refractivity contribution < 1.29 is 4.74 Å². The van der Waals surface area contributed by atoms with Gasteiger partial charge in [0.15, 0.2) is 5.82 Å². The molecule has 6 nitrogen and oxygen atoms in total. The molecule has 7 heteroatoms. The van der Waals surface area contributed by atoms with Crippen molar-refractivity contribution in [1.82, 2.24) is 15.2 Å². The first-order valence-corrected chi connectivity index (χ1v) is 8.07. The van der Waals surface area contributed by atoms with Gasteiger partial charge >= 0.3 is 0 Å². The van der Waals surface area contributed by atoms with E-state index in [0.717, 1.165) is 27.2 Å². The molecule has 0 spiro atoms. The molecule has 0 fully saturated rings. The van der Waals surface area contributed by atoms with Gasteiger partial charge in [0.25, 0.3) is 0 Å². The molecule has 1 aromatic heterocycles. The maximum absolute atomic E-state index is 5.14. The van der Waals surface area contributed by atoms with Gasteiger partial charge in [0.05, 0.1) is 13.3 Å². The summed E-state index contributed by atoms with van der Waals surface area (Å²) in [5.74, 6) is 1.83. The number of aromatic nitrogens is 3. The van der Waals surface area contributed by atoms with Gasteiger partial charge in [-0.05, 0) is 55.0 Å². The number of hydrogen-bond donors (Lipinski definition) is 2. The van der Waals surface area contributed by atoms with Gasteiger partial charge in [-0.2, -0.15) is 10.1 Å². The number of aryl methyl sites for hydroxylation is 1. The molecule has 0 saturated carbocycles. The molecule has 2 N–H and O–H groups in total. The molecular formula is C17H16BrN5O. The molecule has 0 saturated heterocycles. The summed E-state index contributed by atoms with van der Waals surface area (Å²) in [5.41, 5.74) is 2.93. The van der Waals surface area contributed by atoms with E-state index in [1.54, 1.807) is 13.3 Å². The van der Waals surface area contributed by atoms with E-state index in [4.69, 9.17) is 4.74 Å². The number of nitrogens with zero attached hydrogens (tertiary/aromatic N) is 3. The second kappa shape index (κ2) is 7.27. The van der Waals surface area contributed by atoms with Crippen LogP contribution < -0.4 is 15.4 Å². The van der Waals surface area contributed by atoms with Crippen molar-refractivity contribution in [2.45, 2.75) is 6.92 Å². The zero-order valence-corrected chi connectivity index (χ0v) is 14.8. The highest BCUT2D eigenvalue weighted by Crippen LogP contribution is 2.23. The van der Waals surface area contributed by atoms with E-state index in [9.17, 15) is 0 Å². The van der Waals surface area contributed by atoms with Crippen LogP contribution in [-0.2, 0) is 0 Å². The third kappa shape index (κ3) is 3.99. The Labute approximate surface area is 148 Å². The van der Waals surface area contributed by atoms with Crippen molar-refractivity contribution in [2.75, 3.05) is 17.7 Å². The molecule has 0 unspecified atom stereocenters. The summed E-state index contributed by atoms with van der Waals surface area (Å²) in [4.78, 5) is 4.43. The Morgan fingerprint density at radius 1 is 1.04 bits per heavy atom. The van der Waals surface area contributed by atoms with Crippen LogP contribution in [0.2, 0.25) is 0 Å². The summed E-state index contributed by atoms with van der Waals surface area (Å²) in [5, 5.41) is 14.4. The third-order valence-electron chi connectivity index (χ3n) is 3.36. The molecule has 3 aromatic rings. The maximum atomic E-state index is 5.14. The van der Waals surface area contributed by atoms with Crippen LogP contribution in [0.5, 0.6) is 5.75 Å². The molecule has 0 aliphatic heterocycles. The zero-order valence-electron chi connectivity index (χ0n) is 13.2. The minimum absolute atomic E-state index is 0.417. The summed E-state index contributed by atoms with van der Waals surface area (Å²) in [6, 6.07) is 13.5. The lowest BCUT2D eigenvalue weighted by Gasteiger charge is -2.10. The van der Waals surface area contributed by atoms with Gasteiger partial charge in [-0.25, -0.2) is 0 Å². The second-order valence-corrected chi connectivity index (χ2v) is 6.02. The number of nitrogens with one attached hydrogen (secondary N) is 2. The number of ether oxygens (including phenoxy) is 1. The fourth-order valence-electron chi connectivity index (χ4n) is 2.13. The van der Waals surface area contributed by atoms with Crippen LogP contribution in [0, 0.1) is 6.92 Å².